The second-order valence-corrected chi connectivity index (χ2v) is 3.39. The minimum absolute atomic E-state index is 0.0653. The molecule has 0 aliphatic rings. The van der Waals surface area contributed by atoms with Crippen LogP contribution in [0.15, 0.2) is 23.1 Å². The van der Waals surface area contributed by atoms with Crippen molar-refractivity contribution in [3.05, 3.63) is 34.2 Å². The molecule has 0 spiro atoms. The van der Waals surface area contributed by atoms with Crippen molar-refractivity contribution >= 4 is 5.97 Å². The van der Waals surface area contributed by atoms with Gasteiger partial charge in [0.2, 0.25) is 0 Å². The Bertz CT molecular complexity index is 411. The summed E-state index contributed by atoms with van der Waals surface area (Å²) in [6.07, 6.45) is 1.62. The van der Waals surface area contributed by atoms with Gasteiger partial charge in [-0.1, -0.05) is 6.07 Å². The molecule has 16 heavy (non-hydrogen) atoms. The van der Waals surface area contributed by atoms with Crippen molar-refractivity contribution in [3.63, 3.8) is 0 Å². The first-order valence-corrected chi connectivity index (χ1v) is 4.95. The molecule has 1 heterocycles. The van der Waals surface area contributed by atoms with Crippen LogP contribution in [-0.2, 0) is 20.8 Å². The van der Waals surface area contributed by atoms with Crippen LogP contribution in [0.2, 0.25) is 0 Å². The van der Waals surface area contributed by atoms with Gasteiger partial charge >= 0.3 is 5.97 Å². The molecule has 0 aliphatic carbocycles. The van der Waals surface area contributed by atoms with Gasteiger partial charge in [-0.2, -0.15) is 0 Å². The molecule has 0 atom stereocenters. The fourth-order valence-electron chi connectivity index (χ4n) is 1.20. The lowest BCUT2D eigenvalue weighted by Gasteiger charge is -2.06. The SMILES string of the molecule is COCCOC(=O)Cn1cc(C)ccc1=O. The van der Waals surface area contributed by atoms with Crippen LogP contribution in [0.4, 0.5) is 0 Å². The maximum Gasteiger partial charge on any atom is 0.326 e. The van der Waals surface area contributed by atoms with Gasteiger partial charge in [0.15, 0.2) is 0 Å². The summed E-state index contributed by atoms with van der Waals surface area (Å²) in [4.78, 5) is 22.7. The summed E-state index contributed by atoms with van der Waals surface area (Å²) < 4.78 is 10.9. The lowest BCUT2D eigenvalue weighted by Crippen LogP contribution is -2.25. The molecule has 1 aromatic rings. The Balaban J connectivity index is 2.56. The number of carbonyl (C=O) groups excluding carboxylic acids is 1. The van der Waals surface area contributed by atoms with Gasteiger partial charge in [0.1, 0.15) is 13.2 Å². The number of aromatic nitrogens is 1. The molecule has 5 heteroatoms. The highest BCUT2D eigenvalue weighted by Gasteiger charge is 2.05. The Hall–Kier alpha value is -1.62. The van der Waals surface area contributed by atoms with Gasteiger partial charge < -0.3 is 14.0 Å². The first-order valence-electron chi connectivity index (χ1n) is 4.95. The lowest BCUT2D eigenvalue weighted by molar-refractivity contribution is -0.145. The van der Waals surface area contributed by atoms with Crippen molar-refractivity contribution in [3.8, 4) is 0 Å². The zero-order valence-corrected chi connectivity index (χ0v) is 9.43. The van der Waals surface area contributed by atoms with Gasteiger partial charge in [0, 0.05) is 19.4 Å². The number of nitrogens with zero attached hydrogens (tertiary/aromatic N) is 1. The molecule has 0 N–H and O–H groups in total. The largest absolute Gasteiger partial charge is 0.462 e. The van der Waals surface area contributed by atoms with Crippen molar-refractivity contribution in [2.24, 2.45) is 0 Å². The Morgan fingerprint density at radius 3 is 2.81 bits per heavy atom. The fraction of sp³-hybridized carbons (Fsp3) is 0.455. The summed E-state index contributed by atoms with van der Waals surface area (Å²) in [5.41, 5.74) is 0.707. The van der Waals surface area contributed by atoms with Crippen molar-refractivity contribution in [2.45, 2.75) is 13.5 Å². The number of pyridine rings is 1. The van der Waals surface area contributed by atoms with Gasteiger partial charge in [-0.05, 0) is 12.5 Å². The van der Waals surface area contributed by atoms with Gasteiger partial charge in [-0.15, -0.1) is 0 Å². The van der Waals surface area contributed by atoms with Crippen LogP contribution in [0.1, 0.15) is 5.56 Å². The van der Waals surface area contributed by atoms with Gasteiger partial charge in [-0.3, -0.25) is 9.59 Å². The molecule has 0 unspecified atom stereocenters. The summed E-state index contributed by atoms with van der Waals surface area (Å²) >= 11 is 0. The highest BCUT2D eigenvalue weighted by atomic mass is 16.6. The van der Waals surface area contributed by atoms with Crippen LogP contribution in [-0.4, -0.2) is 30.9 Å². The second kappa shape index (κ2) is 6.07. The molecular weight excluding hydrogens is 210 g/mol. The number of hydrogen-bond donors (Lipinski definition) is 0. The van der Waals surface area contributed by atoms with Crippen molar-refractivity contribution in [1.29, 1.82) is 0 Å². The van der Waals surface area contributed by atoms with E-state index in [0.717, 1.165) is 5.56 Å². The number of hydrogen-bond acceptors (Lipinski definition) is 4. The lowest BCUT2D eigenvalue weighted by atomic mass is 10.3. The first kappa shape index (κ1) is 12.4. The van der Waals surface area contributed by atoms with E-state index in [2.05, 4.69) is 0 Å². The number of methoxy groups -OCH3 is 1. The van der Waals surface area contributed by atoms with E-state index in [1.807, 2.05) is 6.92 Å². The average molecular weight is 225 g/mol. The van der Waals surface area contributed by atoms with E-state index in [1.54, 1.807) is 12.3 Å². The number of esters is 1. The smallest absolute Gasteiger partial charge is 0.326 e. The van der Waals surface area contributed by atoms with Crippen LogP contribution < -0.4 is 5.56 Å². The molecule has 0 radical (unpaired) electrons. The van der Waals surface area contributed by atoms with E-state index in [-0.39, 0.29) is 18.7 Å². The third kappa shape index (κ3) is 3.86. The Morgan fingerprint density at radius 1 is 1.38 bits per heavy atom. The number of carbonyl (C=O) groups is 1. The molecule has 88 valence electrons. The van der Waals surface area contributed by atoms with E-state index in [9.17, 15) is 9.59 Å². The topological polar surface area (TPSA) is 57.5 Å². The number of ether oxygens (including phenoxy) is 2. The quantitative estimate of drug-likeness (QED) is 0.536. The molecule has 0 saturated heterocycles. The predicted molar refractivity (Wildman–Crippen MR) is 58.3 cm³/mol. The third-order valence-electron chi connectivity index (χ3n) is 1.98. The molecule has 5 nitrogen and oxygen atoms in total. The monoisotopic (exact) mass is 225 g/mol. The summed E-state index contributed by atoms with van der Waals surface area (Å²) in [5.74, 6) is -0.440. The van der Waals surface area contributed by atoms with Crippen LogP contribution in [0.5, 0.6) is 0 Å². The third-order valence-corrected chi connectivity index (χ3v) is 1.98. The fourth-order valence-corrected chi connectivity index (χ4v) is 1.20. The summed E-state index contributed by atoms with van der Waals surface area (Å²) in [6, 6.07) is 3.13. The Morgan fingerprint density at radius 2 is 2.12 bits per heavy atom. The molecule has 1 aromatic heterocycles. The molecule has 1 rings (SSSR count). The standard InChI is InChI=1S/C11H15NO4/c1-9-3-4-10(13)12(7-9)8-11(14)16-6-5-15-2/h3-4,7H,5-6,8H2,1-2H3. The van der Waals surface area contributed by atoms with Crippen LogP contribution in [0, 0.1) is 6.92 Å². The molecule has 0 aromatic carbocycles. The molecule has 0 saturated carbocycles. The normalized spacial score (nSPS) is 10.1. The Kier molecular flexibility index (Phi) is 4.72. The van der Waals surface area contributed by atoms with E-state index < -0.39 is 5.97 Å². The van der Waals surface area contributed by atoms with Crippen LogP contribution in [0.25, 0.3) is 0 Å². The highest BCUT2D eigenvalue weighted by Crippen LogP contribution is 1.93. The van der Waals surface area contributed by atoms with Crippen LogP contribution >= 0.6 is 0 Å². The molecule has 0 fully saturated rings. The first-order chi connectivity index (χ1) is 7.63. The van der Waals surface area contributed by atoms with E-state index in [0.29, 0.717) is 6.61 Å². The molecule has 0 amide bonds. The van der Waals surface area contributed by atoms with E-state index in [4.69, 9.17) is 9.47 Å². The minimum Gasteiger partial charge on any atom is -0.462 e. The summed E-state index contributed by atoms with van der Waals surface area (Å²) in [7, 11) is 1.53. The zero-order valence-electron chi connectivity index (χ0n) is 9.43. The van der Waals surface area contributed by atoms with Crippen molar-refractivity contribution in [1.82, 2.24) is 4.57 Å². The van der Waals surface area contributed by atoms with E-state index >= 15 is 0 Å². The maximum absolute atomic E-state index is 11.4. The zero-order chi connectivity index (χ0) is 12.0. The van der Waals surface area contributed by atoms with Gasteiger partial charge in [-0.25, -0.2) is 0 Å². The number of rotatable bonds is 5. The van der Waals surface area contributed by atoms with E-state index in [1.165, 1.54) is 17.7 Å². The predicted octanol–water partition coefficient (Wildman–Crippen LogP) is 0.346. The second-order valence-electron chi connectivity index (χ2n) is 3.39. The maximum atomic E-state index is 11.4. The van der Waals surface area contributed by atoms with Crippen LogP contribution in [0.3, 0.4) is 0 Å². The van der Waals surface area contributed by atoms with Gasteiger partial charge in [0.25, 0.3) is 5.56 Å². The van der Waals surface area contributed by atoms with Crippen molar-refractivity contribution < 1.29 is 14.3 Å². The average Bonchev–Trinajstić information content (AvgIpc) is 2.24. The molecule has 0 aliphatic heterocycles. The molecule has 0 bridgehead atoms. The van der Waals surface area contributed by atoms with Crippen molar-refractivity contribution in [2.75, 3.05) is 20.3 Å². The summed E-state index contributed by atoms with van der Waals surface area (Å²) in [5, 5.41) is 0. The number of aryl methyl sites for hydroxylation is 1. The highest BCUT2D eigenvalue weighted by molar-refractivity contribution is 5.69. The summed E-state index contributed by atoms with van der Waals surface area (Å²) in [6.45, 7) is 2.35. The minimum atomic E-state index is -0.440. The molecular formula is C11H15NO4. The Labute approximate surface area is 93.6 Å². The van der Waals surface area contributed by atoms with Gasteiger partial charge in [0.05, 0.1) is 6.61 Å².